The Morgan fingerprint density at radius 2 is 1.79 bits per heavy atom. The molecular formula is C17H21BrN2O2S2. The van der Waals surface area contributed by atoms with Gasteiger partial charge in [0.05, 0.1) is 4.90 Å². The zero-order chi connectivity index (χ0) is 17.3. The first-order valence-electron chi connectivity index (χ1n) is 8.12. The van der Waals surface area contributed by atoms with Crippen molar-refractivity contribution in [1.29, 1.82) is 0 Å². The van der Waals surface area contributed by atoms with Gasteiger partial charge in [-0.05, 0) is 55.9 Å². The second kappa shape index (κ2) is 7.14. The number of nitrogens with zero attached hydrogens (tertiary/aromatic N) is 1. The number of aromatic nitrogens is 1. The van der Waals surface area contributed by atoms with Crippen molar-refractivity contribution in [3.8, 4) is 0 Å². The Balaban J connectivity index is 1.84. The van der Waals surface area contributed by atoms with Gasteiger partial charge in [-0.2, -0.15) is 0 Å². The first-order valence-corrected chi connectivity index (χ1v) is 11.2. The summed E-state index contributed by atoms with van der Waals surface area (Å²) in [5.74, 6) is 0.533. The van der Waals surface area contributed by atoms with Crippen molar-refractivity contribution in [2.75, 3.05) is 4.72 Å². The van der Waals surface area contributed by atoms with E-state index in [4.69, 9.17) is 0 Å². The molecule has 3 rings (SSSR count). The van der Waals surface area contributed by atoms with E-state index in [0.717, 1.165) is 15.6 Å². The Kier molecular flexibility index (Phi) is 5.32. The highest BCUT2D eigenvalue weighted by Gasteiger charge is 2.23. The Hall–Kier alpha value is -0.920. The van der Waals surface area contributed by atoms with Crippen LogP contribution in [0, 0.1) is 13.8 Å². The van der Waals surface area contributed by atoms with E-state index >= 15 is 0 Å². The van der Waals surface area contributed by atoms with Crippen LogP contribution in [0.4, 0.5) is 5.13 Å². The van der Waals surface area contributed by atoms with Gasteiger partial charge in [0, 0.05) is 15.5 Å². The van der Waals surface area contributed by atoms with Crippen LogP contribution in [0.2, 0.25) is 0 Å². The van der Waals surface area contributed by atoms with Gasteiger partial charge in [-0.3, -0.25) is 4.72 Å². The van der Waals surface area contributed by atoms with Crippen LogP contribution >= 0.6 is 27.3 Å². The smallest absolute Gasteiger partial charge is 0.255 e. The van der Waals surface area contributed by atoms with Gasteiger partial charge in [0.25, 0.3) is 10.0 Å². The molecule has 4 nitrogen and oxygen atoms in total. The van der Waals surface area contributed by atoms with E-state index < -0.39 is 10.0 Å². The fourth-order valence-electron chi connectivity index (χ4n) is 3.40. The minimum atomic E-state index is -3.63. The van der Waals surface area contributed by atoms with E-state index in [0.29, 0.717) is 15.9 Å². The third-order valence-corrected chi connectivity index (χ3v) is 7.75. The van der Waals surface area contributed by atoms with Crippen LogP contribution in [0.5, 0.6) is 0 Å². The summed E-state index contributed by atoms with van der Waals surface area (Å²) in [4.78, 5) is 5.82. The Bertz CT molecular complexity index is 817. The second-order valence-corrected chi connectivity index (χ2v) is 9.97. The van der Waals surface area contributed by atoms with E-state index in [1.54, 1.807) is 0 Å². The molecule has 0 spiro atoms. The number of anilines is 1. The highest BCUT2D eigenvalue weighted by Crippen LogP contribution is 2.37. The molecule has 0 saturated heterocycles. The summed E-state index contributed by atoms with van der Waals surface area (Å²) in [5.41, 5.74) is 1.44. The number of halogens is 1. The molecule has 0 amide bonds. The standard InChI is InChI=1S/C17H21BrN2O2S2/c1-11-8-14(18)9-12(2)16(11)24(21,22)20-17-19-10-15(23-17)13-6-4-3-5-7-13/h8-10,13H,3-7H2,1-2H3,(H,19,20). The molecular weight excluding hydrogens is 408 g/mol. The summed E-state index contributed by atoms with van der Waals surface area (Å²) in [5, 5.41) is 0.456. The maximum atomic E-state index is 12.8. The summed E-state index contributed by atoms with van der Waals surface area (Å²) in [7, 11) is -3.63. The van der Waals surface area contributed by atoms with Crippen LogP contribution in [0.1, 0.15) is 54.0 Å². The third-order valence-electron chi connectivity index (χ3n) is 4.45. The molecule has 1 saturated carbocycles. The van der Waals surface area contributed by atoms with Crippen LogP contribution in [0.25, 0.3) is 0 Å². The first-order chi connectivity index (χ1) is 11.4. The van der Waals surface area contributed by atoms with E-state index in [9.17, 15) is 8.42 Å². The van der Waals surface area contributed by atoms with Gasteiger partial charge in [-0.15, -0.1) is 11.3 Å². The molecule has 2 aromatic rings. The lowest BCUT2D eigenvalue weighted by Crippen LogP contribution is -2.15. The molecule has 0 unspecified atom stereocenters. The lowest BCUT2D eigenvalue weighted by Gasteiger charge is -2.19. The van der Waals surface area contributed by atoms with Crippen molar-refractivity contribution in [2.24, 2.45) is 0 Å². The van der Waals surface area contributed by atoms with Crippen LogP contribution in [-0.4, -0.2) is 13.4 Å². The van der Waals surface area contributed by atoms with Gasteiger partial charge in [0.1, 0.15) is 0 Å². The van der Waals surface area contributed by atoms with Crippen molar-refractivity contribution in [3.05, 3.63) is 38.8 Å². The summed E-state index contributed by atoms with van der Waals surface area (Å²) >= 11 is 4.87. The monoisotopic (exact) mass is 428 g/mol. The van der Waals surface area contributed by atoms with Crippen molar-refractivity contribution in [3.63, 3.8) is 0 Å². The fourth-order valence-corrected chi connectivity index (χ4v) is 6.77. The Labute approximate surface area is 155 Å². The van der Waals surface area contributed by atoms with E-state index in [1.807, 2.05) is 32.2 Å². The zero-order valence-electron chi connectivity index (χ0n) is 13.8. The van der Waals surface area contributed by atoms with Crippen molar-refractivity contribution >= 4 is 42.4 Å². The SMILES string of the molecule is Cc1cc(Br)cc(C)c1S(=O)(=O)Nc1ncc(C2CCCCC2)s1. The molecule has 130 valence electrons. The molecule has 24 heavy (non-hydrogen) atoms. The van der Waals surface area contributed by atoms with Gasteiger partial charge in [0.2, 0.25) is 0 Å². The van der Waals surface area contributed by atoms with Crippen molar-refractivity contribution in [2.45, 2.75) is 56.8 Å². The maximum Gasteiger partial charge on any atom is 0.264 e. The molecule has 1 aliphatic rings. The predicted molar refractivity (Wildman–Crippen MR) is 102 cm³/mol. The average Bonchev–Trinajstić information content (AvgIpc) is 2.94. The number of thiazole rings is 1. The molecule has 0 aliphatic heterocycles. The molecule has 1 N–H and O–H groups in total. The molecule has 1 aromatic heterocycles. The molecule has 1 aliphatic carbocycles. The van der Waals surface area contributed by atoms with E-state index in [1.165, 1.54) is 48.3 Å². The third kappa shape index (κ3) is 3.83. The number of hydrogen-bond acceptors (Lipinski definition) is 4. The normalized spacial score (nSPS) is 16.3. The average molecular weight is 429 g/mol. The number of benzene rings is 1. The van der Waals surface area contributed by atoms with Gasteiger partial charge in [-0.1, -0.05) is 35.2 Å². The second-order valence-electron chi connectivity index (χ2n) is 6.38. The van der Waals surface area contributed by atoms with Gasteiger partial charge in [-0.25, -0.2) is 13.4 Å². The van der Waals surface area contributed by atoms with Crippen LogP contribution in [0.15, 0.2) is 27.7 Å². The molecule has 1 heterocycles. The van der Waals surface area contributed by atoms with Crippen molar-refractivity contribution in [1.82, 2.24) is 4.98 Å². The highest BCUT2D eigenvalue weighted by molar-refractivity contribution is 9.10. The Morgan fingerprint density at radius 1 is 1.17 bits per heavy atom. The largest absolute Gasteiger partial charge is 0.264 e. The van der Waals surface area contributed by atoms with Crippen LogP contribution < -0.4 is 4.72 Å². The number of rotatable bonds is 4. The lowest BCUT2D eigenvalue weighted by molar-refractivity contribution is 0.448. The molecule has 1 aromatic carbocycles. The number of hydrogen-bond donors (Lipinski definition) is 1. The molecule has 7 heteroatoms. The summed E-state index contributed by atoms with van der Waals surface area (Å²) in [6, 6.07) is 3.63. The van der Waals surface area contributed by atoms with E-state index in [2.05, 4.69) is 25.6 Å². The Morgan fingerprint density at radius 3 is 2.42 bits per heavy atom. The molecule has 0 bridgehead atoms. The predicted octanol–water partition coefficient (Wildman–Crippen LogP) is 5.37. The van der Waals surface area contributed by atoms with Crippen molar-refractivity contribution < 1.29 is 8.42 Å². The highest BCUT2D eigenvalue weighted by atomic mass is 79.9. The number of sulfonamides is 1. The van der Waals surface area contributed by atoms with E-state index in [-0.39, 0.29) is 0 Å². The van der Waals surface area contributed by atoms with Gasteiger partial charge >= 0.3 is 0 Å². The van der Waals surface area contributed by atoms with Crippen LogP contribution in [-0.2, 0) is 10.0 Å². The van der Waals surface area contributed by atoms with Gasteiger partial charge in [0.15, 0.2) is 5.13 Å². The maximum absolute atomic E-state index is 12.8. The summed E-state index contributed by atoms with van der Waals surface area (Å²) in [6.45, 7) is 3.61. The molecule has 1 fully saturated rings. The van der Waals surface area contributed by atoms with Crippen LogP contribution in [0.3, 0.4) is 0 Å². The molecule has 0 radical (unpaired) electrons. The summed E-state index contributed by atoms with van der Waals surface area (Å²) in [6.07, 6.45) is 8.00. The molecule has 0 atom stereocenters. The lowest BCUT2D eigenvalue weighted by atomic mass is 9.89. The topological polar surface area (TPSA) is 59.1 Å². The minimum absolute atomic E-state index is 0.333. The number of nitrogens with one attached hydrogen (secondary N) is 1. The zero-order valence-corrected chi connectivity index (χ0v) is 17.0. The summed E-state index contributed by atoms with van der Waals surface area (Å²) < 4.78 is 29.1. The quantitative estimate of drug-likeness (QED) is 0.711. The fraction of sp³-hybridized carbons (Fsp3) is 0.471. The van der Waals surface area contributed by atoms with Gasteiger partial charge < -0.3 is 0 Å². The minimum Gasteiger partial charge on any atom is -0.255 e. The number of aryl methyl sites for hydroxylation is 2. The first kappa shape index (κ1) is 17.9.